The van der Waals surface area contributed by atoms with Gasteiger partial charge >= 0.3 is 0 Å². The number of hydrogen-bond acceptors (Lipinski definition) is 1. The molecule has 14 heavy (non-hydrogen) atoms. The van der Waals surface area contributed by atoms with Crippen LogP contribution in [0.3, 0.4) is 0 Å². The quantitative estimate of drug-likeness (QED) is 0.825. The van der Waals surface area contributed by atoms with Gasteiger partial charge in [0.2, 0.25) is 5.91 Å². The van der Waals surface area contributed by atoms with E-state index in [0.29, 0.717) is 0 Å². The van der Waals surface area contributed by atoms with Crippen molar-refractivity contribution in [3.8, 4) is 0 Å². The summed E-state index contributed by atoms with van der Waals surface area (Å²) in [6.07, 6.45) is 0. The fraction of sp³-hybridized carbons (Fsp3) is 0.300. The number of anilines is 1. The second-order valence-corrected chi connectivity index (χ2v) is 4.58. The van der Waals surface area contributed by atoms with Gasteiger partial charge in [-0.25, -0.2) is 0 Å². The van der Waals surface area contributed by atoms with Crippen LogP contribution in [0, 0.1) is 6.92 Å². The van der Waals surface area contributed by atoms with Crippen molar-refractivity contribution in [2.45, 2.75) is 19.2 Å². The maximum Gasteiger partial charge on any atom is 0.242 e. The standard InChI is InChI=1S/C10H11BrClNO/c1-6-5-8(3-4-9(6)11)13-10(14)7(2)12/h3-5,7H,1-2H3,(H,13,14)/t7-/m1/s1. The molecule has 0 aromatic heterocycles. The van der Waals surface area contributed by atoms with Gasteiger partial charge in [0.05, 0.1) is 0 Å². The van der Waals surface area contributed by atoms with Crippen LogP contribution in [-0.2, 0) is 4.79 Å². The Kier molecular flexibility index (Phi) is 3.96. The number of carbonyl (C=O) groups excluding carboxylic acids is 1. The highest BCUT2D eigenvalue weighted by Crippen LogP contribution is 2.20. The molecule has 1 atom stereocenters. The fourth-order valence-corrected chi connectivity index (χ4v) is 1.27. The van der Waals surface area contributed by atoms with Crippen molar-refractivity contribution in [3.05, 3.63) is 28.2 Å². The van der Waals surface area contributed by atoms with Crippen LogP contribution in [0.1, 0.15) is 12.5 Å². The molecule has 0 aliphatic rings. The average molecular weight is 277 g/mol. The Hall–Kier alpha value is -0.540. The smallest absolute Gasteiger partial charge is 0.242 e. The van der Waals surface area contributed by atoms with E-state index in [0.717, 1.165) is 15.7 Å². The average Bonchev–Trinajstić information content (AvgIpc) is 2.11. The molecule has 0 radical (unpaired) electrons. The zero-order valence-corrected chi connectivity index (χ0v) is 10.3. The molecule has 0 saturated carbocycles. The van der Waals surface area contributed by atoms with Crippen molar-refractivity contribution in [1.82, 2.24) is 0 Å². The molecule has 0 saturated heterocycles. The van der Waals surface area contributed by atoms with Gasteiger partial charge in [0, 0.05) is 10.2 Å². The minimum atomic E-state index is -0.515. The van der Waals surface area contributed by atoms with Gasteiger partial charge in [-0.3, -0.25) is 4.79 Å². The third-order valence-corrected chi connectivity index (χ3v) is 2.87. The van der Waals surface area contributed by atoms with Crippen LogP contribution in [0.5, 0.6) is 0 Å². The van der Waals surface area contributed by atoms with E-state index >= 15 is 0 Å². The normalized spacial score (nSPS) is 12.3. The number of hydrogen-bond donors (Lipinski definition) is 1. The van der Waals surface area contributed by atoms with Crippen LogP contribution >= 0.6 is 27.5 Å². The molecule has 2 nitrogen and oxygen atoms in total. The summed E-state index contributed by atoms with van der Waals surface area (Å²) in [6, 6.07) is 5.61. The van der Waals surface area contributed by atoms with E-state index < -0.39 is 5.38 Å². The molecule has 0 aliphatic heterocycles. The van der Waals surface area contributed by atoms with Crippen molar-refractivity contribution in [2.24, 2.45) is 0 Å². The molecule has 0 bridgehead atoms. The Labute approximate surface area is 96.8 Å². The molecular weight excluding hydrogens is 265 g/mol. The van der Waals surface area contributed by atoms with Gasteiger partial charge in [-0.05, 0) is 37.6 Å². The molecule has 0 heterocycles. The number of nitrogens with one attached hydrogen (secondary N) is 1. The minimum Gasteiger partial charge on any atom is -0.325 e. The molecule has 1 amide bonds. The number of aryl methyl sites for hydroxylation is 1. The van der Waals surface area contributed by atoms with Crippen LogP contribution < -0.4 is 5.32 Å². The van der Waals surface area contributed by atoms with Gasteiger partial charge in [0.1, 0.15) is 5.38 Å². The Morgan fingerprint density at radius 2 is 2.21 bits per heavy atom. The summed E-state index contributed by atoms with van der Waals surface area (Å²) < 4.78 is 1.02. The Morgan fingerprint density at radius 1 is 1.57 bits per heavy atom. The highest BCUT2D eigenvalue weighted by Gasteiger charge is 2.09. The van der Waals surface area contributed by atoms with E-state index in [9.17, 15) is 4.79 Å². The number of alkyl halides is 1. The first-order valence-corrected chi connectivity index (χ1v) is 5.44. The summed E-state index contributed by atoms with van der Waals surface area (Å²) in [5.74, 6) is -0.187. The molecule has 1 rings (SSSR count). The minimum absolute atomic E-state index is 0.187. The number of rotatable bonds is 2. The lowest BCUT2D eigenvalue weighted by Crippen LogP contribution is -2.20. The van der Waals surface area contributed by atoms with E-state index in [2.05, 4.69) is 21.2 Å². The molecule has 1 aromatic carbocycles. The third-order valence-electron chi connectivity index (χ3n) is 1.79. The van der Waals surface area contributed by atoms with Crippen molar-refractivity contribution < 1.29 is 4.79 Å². The molecule has 76 valence electrons. The molecule has 4 heteroatoms. The van der Waals surface area contributed by atoms with Gasteiger partial charge < -0.3 is 5.32 Å². The van der Waals surface area contributed by atoms with Crippen molar-refractivity contribution >= 4 is 39.1 Å². The number of halogens is 2. The van der Waals surface area contributed by atoms with Crippen LogP contribution in [-0.4, -0.2) is 11.3 Å². The Bertz CT molecular complexity index is 352. The third kappa shape index (κ3) is 3.00. The molecular formula is C10H11BrClNO. The highest BCUT2D eigenvalue weighted by molar-refractivity contribution is 9.10. The van der Waals surface area contributed by atoms with Crippen LogP contribution in [0.25, 0.3) is 0 Å². The zero-order chi connectivity index (χ0) is 10.7. The fourth-order valence-electron chi connectivity index (χ4n) is 0.964. The lowest BCUT2D eigenvalue weighted by Gasteiger charge is -2.07. The summed E-state index contributed by atoms with van der Waals surface area (Å²) in [4.78, 5) is 11.3. The summed E-state index contributed by atoms with van der Waals surface area (Å²) in [5.41, 5.74) is 1.84. The van der Waals surface area contributed by atoms with Crippen LogP contribution in [0.4, 0.5) is 5.69 Å². The predicted molar refractivity (Wildman–Crippen MR) is 62.8 cm³/mol. The van der Waals surface area contributed by atoms with Crippen LogP contribution in [0.15, 0.2) is 22.7 Å². The van der Waals surface area contributed by atoms with Crippen molar-refractivity contribution in [2.75, 3.05) is 5.32 Å². The second-order valence-electron chi connectivity index (χ2n) is 3.07. The van der Waals surface area contributed by atoms with Gasteiger partial charge in [-0.1, -0.05) is 15.9 Å². The highest BCUT2D eigenvalue weighted by atomic mass is 79.9. The number of carbonyl (C=O) groups is 1. The van der Waals surface area contributed by atoms with E-state index in [-0.39, 0.29) is 5.91 Å². The number of amides is 1. The van der Waals surface area contributed by atoms with E-state index in [1.165, 1.54) is 0 Å². The van der Waals surface area contributed by atoms with Gasteiger partial charge in [0.15, 0.2) is 0 Å². The lowest BCUT2D eigenvalue weighted by molar-refractivity contribution is -0.115. The zero-order valence-electron chi connectivity index (χ0n) is 7.97. The van der Waals surface area contributed by atoms with Crippen molar-refractivity contribution in [1.29, 1.82) is 0 Å². The summed E-state index contributed by atoms with van der Waals surface area (Å²) in [7, 11) is 0. The first kappa shape index (κ1) is 11.5. The lowest BCUT2D eigenvalue weighted by atomic mass is 10.2. The summed E-state index contributed by atoms with van der Waals surface area (Å²) in [5, 5.41) is 2.20. The van der Waals surface area contributed by atoms with Crippen molar-refractivity contribution in [3.63, 3.8) is 0 Å². The first-order valence-electron chi connectivity index (χ1n) is 4.22. The summed E-state index contributed by atoms with van der Waals surface area (Å²) >= 11 is 9.01. The SMILES string of the molecule is Cc1cc(NC(=O)[C@@H](C)Cl)ccc1Br. The van der Waals surface area contributed by atoms with E-state index in [1.54, 1.807) is 6.92 Å². The Morgan fingerprint density at radius 3 is 2.71 bits per heavy atom. The molecule has 1 aromatic rings. The number of benzene rings is 1. The molecule has 1 N–H and O–H groups in total. The monoisotopic (exact) mass is 275 g/mol. The first-order chi connectivity index (χ1) is 6.50. The van der Waals surface area contributed by atoms with Gasteiger partial charge in [-0.15, -0.1) is 11.6 Å². The Balaban J connectivity index is 2.78. The molecule has 0 fully saturated rings. The topological polar surface area (TPSA) is 29.1 Å². The molecule has 0 aliphatic carbocycles. The second kappa shape index (κ2) is 4.80. The molecule has 0 unspecified atom stereocenters. The van der Waals surface area contributed by atoms with Gasteiger partial charge in [0.25, 0.3) is 0 Å². The molecule has 0 spiro atoms. The maximum atomic E-state index is 11.3. The largest absolute Gasteiger partial charge is 0.325 e. The maximum absolute atomic E-state index is 11.3. The predicted octanol–water partition coefficient (Wildman–Crippen LogP) is 3.32. The van der Waals surface area contributed by atoms with Gasteiger partial charge in [-0.2, -0.15) is 0 Å². The van der Waals surface area contributed by atoms with E-state index in [4.69, 9.17) is 11.6 Å². The summed E-state index contributed by atoms with van der Waals surface area (Å²) in [6.45, 7) is 3.60. The van der Waals surface area contributed by atoms with E-state index in [1.807, 2.05) is 25.1 Å². The van der Waals surface area contributed by atoms with Crippen LogP contribution in [0.2, 0.25) is 0 Å².